The summed E-state index contributed by atoms with van der Waals surface area (Å²) in [5.74, 6) is 1.90. The second-order valence-electron chi connectivity index (χ2n) is 6.82. The second kappa shape index (κ2) is 4.68. The molecule has 3 unspecified atom stereocenters. The highest BCUT2D eigenvalue weighted by Crippen LogP contribution is 2.48. The molecule has 3 heterocycles. The van der Waals surface area contributed by atoms with Gasteiger partial charge in [0.15, 0.2) is 5.78 Å². The van der Waals surface area contributed by atoms with Crippen molar-refractivity contribution in [2.24, 2.45) is 23.7 Å². The van der Waals surface area contributed by atoms with Crippen LogP contribution in [0.2, 0.25) is 0 Å². The molecule has 20 heavy (non-hydrogen) atoms. The normalized spacial score (nSPS) is 39.8. The average molecular weight is 271 g/mol. The standard InChI is InChI=1S/C17H21NO2/c19-16(12-4-2-1-3-5-12)17(20)15-13-6-11-7-14(15)10-18(8-11)9-13/h1-5,11,13-16,19H,6-10H2. The maximum Gasteiger partial charge on any atom is 0.169 e. The molecule has 106 valence electrons. The van der Waals surface area contributed by atoms with Crippen LogP contribution in [0.25, 0.3) is 0 Å². The quantitative estimate of drug-likeness (QED) is 0.912. The van der Waals surface area contributed by atoms with Crippen LogP contribution in [0.5, 0.6) is 0 Å². The Morgan fingerprint density at radius 2 is 1.75 bits per heavy atom. The molecule has 0 aromatic heterocycles. The fourth-order valence-electron chi connectivity index (χ4n) is 4.85. The number of benzene rings is 1. The highest BCUT2D eigenvalue weighted by atomic mass is 16.3. The SMILES string of the molecule is O=C(C(O)c1ccccc1)C1C2CC3CC1CN(C3)C2. The summed E-state index contributed by atoms with van der Waals surface area (Å²) < 4.78 is 0. The fraction of sp³-hybridized carbons (Fsp3) is 0.588. The van der Waals surface area contributed by atoms with Crippen LogP contribution in [-0.2, 0) is 4.79 Å². The van der Waals surface area contributed by atoms with Crippen molar-refractivity contribution in [3.05, 3.63) is 35.9 Å². The lowest BCUT2D eigenvalue weighted by Crippen LogP contribution is -2.59. The van der Waals surface area contributed by atoms with Gasteiger partial charge < -0.3 is 10.0 Å². The third-order valence-electron chi connectivity index (χ3n) is 5.50. The number of carbonyl (C=O) groups is 1. The molecule has 1 aliphatic carbocycles. The Bertz CT molecular complexity index is 485. The Hall–Kier alpha value is -1.19. The van der Waals surface area contributed by atoms with Gasteiger partial charge in [0.2, 0.25) is 0 Å². The first-order valence-electron chi connectivity index (χ1n) is 7.71. The molecular weight excluding hydrogens is 250 g/mol. The zero-order valence-corrected chi connectivity index (χ0v) is 11.6. The fourth-order valence-corrected chi connectivity index (χ4v) is 4.85. The molecule has 1 saturated carbocycles. The second-order valence-corrected chi connectivity index (χ2v) is 6.82. The van der Waals surface area contributed by atoms with E-state index in [0.29, 0.717) is 11.8 Å². The number of aliphatic hydroxyl groups is 1. The van der Waals surface area contributed by atoms with Gasteiger partial charge in [0.05, 0.1) is 0 Å². The van der Waals surface area contributed by atoms with Crippen LogP contribution in [0.3, 0.4) is 0 Å². The number of hydrogen-bond acceptors (Lipinski definition) is 3. The van der Waals surface area contributed by atoms with E-state index in [1.165, 1.54) is 19.4 Å². The van der Waals surface area contributed by atoms with Gasteiger partial charge in [-0.1, -0.05) is 30.3 Å². The summed E-state index contributed by atoms with van der Waals surface area (Å²) >= 11 is 0. The Labute approximate surface area is 119 Å². The summed E-state index contributed by atoms with van der Waals surface area (Å²) in [5.41, 5.74) is 0.742. The number of hydrogen-bond donors (Lipinski definition) is 1. The van der Waals surface area contributed by atoms with E-state index in [4.69, 9.17) is 0 Å². The molecule has 1 aromatic rings. The van der Waals surface area contributed by atoms with Gasteiger partial charge in [0, 0.05) is 25.6 Å². The van der Waals surface area contributed by atoms with Gasteiger partial charge in [-0.2, -0.15) is 0 Å². The third-order valence-corrected chi connectivity index (χ3v) is 5.50. The van der Waals surface area contributed by atoms with Gasteiger partial charge in [-0.25, -0.2) is 0 Å². The van der Waals surface area contributed by atoms with Gasteiger partial charge >= 0.3 is 0 Å². The van der Waals surface area contributed by atoms with Crippen LogP contribution >= 0.6 is 0 Å². The number of Topliss-reactive ketones (excluding diaryl/α,β-unsaturated/α-hetero) is 1. The van der Waals surface area contributed by atoms with Crippen molar-refractivity contribution in [2.45, 2.75) is 18.9 Å². The van der Waals surface area contributed by atoms with Crippen molar-refractivity contribution in [1.82, 2.24) is 4.90 Å². The smallest absolute Gasteiger partial charge is 0.169 e. The Kier molecular flexibility index (Phi) is 2.93. The summed E-state index contributed by atoms with van der Waals surface area (Å²) in [6.07, 6.45) is 1.43. The first-order valence-corrected chi connectivity index (χ1v) is 7.71. The molecule has 3 aliphatic heterocycles. The zero-order chi connectivity index (χ0) is 13.7. The summed E-state index contributed by atoms with van der Waals surface area (Å²) in [7, 11) is 0. The van der Waals surface area contributed by atoms with Crippen LogP contribution in [0, 0.1) is 23.7 Å². The molecule has 1 N–H and O–H groups in total. The summed E-state index contributed by atoms with van der Waals surface area (Å²) in [6, 6.07) is 9.38. The van der Waals surface area contributed by atoms with E-state index in [9.17, 15) is 9.90 Å². The molecule has 3 heteroatoms. The lowest BCUT2D eigenvalue weighted by molar-refractivity contribution is -0.147. The molecule has 1 aromatic carbocycles. The van der Waals surface area contributed by atoms with Crippen molar-refractivity contribution in [2.75, 3.05) is 19.6 Å². The highest BCUT2D eigenvalue weighted by Gasteiger charge is 2.50. The summed E-state index contributed by atoms with van der Waals surface area (Å²) in [5, 5.41) is 10.4. The predicted molar refractivity (Wildman–Crippen MR) is 76.0 cm³/mol. The Balaban J connectivity index is 1.57. The predicted octanol–water partition coefficient (Wildman–Crippen LogP) is 1.88. The van der Waals surface area contributed by atoms with Crippen LogP contribution in [0.4, 0.5) is 0 Å². The van der Waals surface area contributed by atoms with Crippen LogP contribution in [0.15, 0.2) is 30.3 Å². The number of ketones is 1. The van der Waals surface area contributed by atoms with Crippen molar-refractivity contribution < 1.29 is 9.90 Å². The molecule has 4 bridgehead atoms. The lowest BCUT2D eigenvalue weighted by Gasteiger charge is -2.55. The maximum absolute atomic E-state index is 12.8. The van der Waals surface area contributed by atoms with Gasteiger partial charge in [-0.15, -0.1) is 0 Å². The monoisotopic (exact) mass is 271 g/mol. The molecule has 5 rings (SSSR count). The molecule has 0 amide bonds. The molecule has 4 fully saturated rings. The van der Waals surface area contributed by atoms with E-state index in [0.717, 1.165) is 24.6 Å². The van der Waals surface area contributed by atoms with E-state index in [1.54, 1.807) is 0 Å². The topological polar surface area (TPSA) is 40.5 Å². The van der Waals surface area contributed by atoms with Crippen molar-refractivity contribution in [3.8, 4) is 0 Å². The maximum atomic E-state index is 12.8. The first kappa shape index (κ1) is 12.5. The number of rotatable bonds is 3. The Morgan fingerprint density at radius 1 is 1.10 bits per heavy atom. The molecule has 0 radical (unpaired) electrons. The average Bonchev–Trinajstić information content (AvgIpc) is 2.46. The molecule has 0 spiro atoms. The van der Waals surface area contributed by atoms with E-state index >= 15 is 0 Å². The first-order chi connectivity index (χ1) is 9.72. The lowest BCUT2D eigenvalue weighted by atomic mass is 9.60. The van der Waals surface area contributed by atoms with E-state index in [2.05, 4.69) is 4.90 Å². The minimum absolute atomic E-state index is 0.0613. The van der Waals surface area contributed by atoms with Gasteiger partial charge in [-0.3, -0.25) is 4.79 Å². The molecule has 3 atom stereocenters. The van der Waals surface area contributed by atoms with Crippen molar-refractivity contribution in [3.63, 3.8) is 0 Å². The number of aliphatic hydroxyl groups excluding tert-OH is 1. The minimum Gasteiger partial charge on any atom is -0.381 e. The number of nitrogens with zero attached hydrogens (tertiary/aromatic N) is 1. The number of carbonyl (C=O) groups excluding carboxylic acids is 1. The molecule has 3 saturated heterocycles. The van der Waals surface area contributed by atoms with E-state index < -0.39 is 6.10 Å². The molecule has 4 aliphatic rings. The van der Waals surface area contributed by atoms with E-state index in [-0.39, 0.29) is 11.7 Å². The van der Waals surface area contributed by atoms with Crippen LogP contribution in [-0.4, -0.2) is 35.4 Å². The molecular formula is C17H21NO2. The summed E-state index contributed by atoms with van der Waals surface area (Å²) in [4.78, 5) is 15.3. The third kappa shape index (κ3) is 1.92. The summed E-state index contributed by atoms with van der Waals surface area (Å²) in [6.45, 7) is 3.35. The minimum atomic E-state index is -0.936. The van der Waals surface area contributed by atoms with Gasteiger partial charge in [-0.05, 0) is 36.2 Å². The highest BCUT2D eigenvalue weighted by molar-refractivity contribution is 5.87. The van der Waals surface area contributed by atoms with Gasteiger partial charge in [0.25, 0.3) is 0 Å². The van der Waals surface area contributed by atoms with Crippen LogP contribution in [0.1, 0.15) is 24.5 Å². The van der Waals surface area contributed by atoms with Crippen molar-refractivity contribution >= 4 is 5.78 Å². The molecule has 3 nitrogen and oxygen atoms in total. The zero-order valence-electron chi connectivity index (χ0n) is 11.6. The number of piperidine rings is 3. The van der Waals surface area contributed by atoms with Crippen molar-refractivity contribution in [1.29, 1.82) is 0 Å². The van der Waals surface area contributed by atoms with Gasteiger partial charge in [0.1, 0.15) is 6.10 Å². The largest absolute Gasteiger partial charge is 0.381 e. The van der Waals surface area contributed by atoms with Crippen LogP contribution < -0.4 is 0 Å². The Morgan fingerprint density at radius 3 is 2.35 bits per heavy atom. The van der Waals surface area contributed by atoms with E-state index in [1.807, 2.05) is 30.3 Å².